The Kier molecular flexibility index (Phi) is 7.25. The summed E-state index contributed by atoms with van der Waals surface area (Å²) in [6.45, 7) is 8.84. The highest BCUT2D eigenvalue weighted by atomic mass is 16.5. The summed E-state index contributed by atoms with van der Waals surface area (Å²) in [7, 11) is 0. The van der Waals surface area contributed by atoms with E-state index in [4.69, 9.17) is 4.74 Å². The molecule has 0 amide bonds. The number of carbonyl (C=O) groups excluding carboxylic acids is 2. The quantitative estimate of drug-likeness (QED) is 0.480. The second-order valence-electron chi connectivity index (χ2n) is 10.6. The van der Waals surface area contributed by atoms with E-state index >= 15 is 0 Å². The van der Waals surface area contributed by atoms with Gasteiger partial charge >= 0.3 is 5.97 Å². The first-order chi connectivity index (χ1) is 16.3. The summed E-state index contributed by atoms with van der Waals surface area (Å²) in [4.78, 5) is 27.9. The number of hydrogen-bond donors (Lipinski definition) is 0. The minimum Gasteiger partial charge on any atom is -0.460 e. The van der Waals surface area contributed by atoms with Gasteiger partial charge in [0.1, 0.15) is 12.1 Å². The van der Waals surface area contributed by atoms with E-state index in [2.05, 4.69) is 64.1 Å². The molecule has 0 bridgehead atoms. The van der Waals surface area contributed by atoms with Crippen molar-refractivity contribution in [1.29, 1.82) is 0 Å². The normalized spacial score (nSPS) is 26.2. The highest BCUT2D eigenvalue weighted by molar-refractivity contribution is 5.95. The number of ether oxygens (including phenoxy) is 1. The van der Waals surface area contributed by atoms with E-state index in [1.54, 1.807) is 12.3 Å². The second kappa shape index (κ2) is 10.2. The van der Waals surface area contributed by atoms with Gasteiger partial charge in [-0.3, -0.25) is 4.79 Å². The van der Waals surface area contributed by atoms with E-state index in [1.807, 2.05) is 29.2 Å². The van der Waals surface area contributed by atoms with Crippen LogP contribution in [0.25, 0.3) is 0 Å². The fraction of sp³-hybridized carbons (Fsp3) is 0.467. The Morgan fingerprint density at radius 3 is 2.35 bits per heavy atom. The van der Waals surface area contributed by atoms with Crippen molar-refractivity contribution in [2.24, 2.45) is 11.8 Å². The molecule has 1 aliphatic carbocycles. The van der Waals surface area contributed by atoms with Crippen LogP contribution >= 0.6 is 0 Å². The Balaban J connectivity index is 1.56. The van der Waals surface area contributed by atoms with Crippen LogP contribution in [0.1, 0.15) is 70.5 Å². The van der Waals surface area contributed by atoms with Gasteiger partial charge < -0.3 is 9.64 Å². The van der Waals surface area contributed by atoms with Crippen LogP contribution < -0.4 is 0 Å². The summed E-state index contributed by atoms with van der Waals surface area (Å²) < 4.78 is 6.32. The molecule has 0 unspecified atom stereocenters. The summed E-state index contributed by atoms with van der Waals surface area (Å²) in [5.41, 5.74) is 2.26. The molecule has 0 saturated heterocycles. The van der Waals surface area contributed by atoms with Gasteiger partial charge in [0.2, 0.25) is 0 Å². The molecule has 4 rings (SSSR count). The zero-order valence-electron chi connectivity index (χ0n) is 20.8. The average Bonchev–Trinajstić information content (AvgIpc) is 2.84. The summed E-state index contributed by atoms with van der Waals surface area (Å²) in [5.74, 6) is 0.419. The molecule has 0 radical (unpaired) electrons. The molecule has 4 heteroatoms. The Bertz CT molecular complexity index is 1010. The molecule has 1 aliphatic heterocycles. The first-order valence-electron chi connectivity index (χ1n) is 12.6. The van der Waals surface area contributed by atoms with Crippen molar-refractivity contribution in [1.82, 2.24) is 4.90 Å². The number of hydrogen-bond acceptors (Lipinski definition) is 4. The zero-order chi connectivity index (χ0) is 24.3. The van der Waals surface area contributed by atoms with E-state index in [0.717, 1.165) is 24.8 Å². The molecular formula is C30H37NO3. The molecule has 4 nitrogen and oxygen atoms in total. The summed E-state index contributed by atoms with van der Waals surface area (Å²) in [5, 5.41) is 0. The number of esters is 1. The van der Waals surface area contributed by atoms with Gasteiger partial charge in [-0.25, -0.2) is 4.79 Å². The predicted octanol–water partition coefficient (Wildman–Crippen LogP) is 6.23. The van der Waals surface area contributed by atoms with Gasteiger partial charge in [-0.1, -0.05) is 87.9 Å². The first kappa shape index (κ1) is 24.3. The topological polar surface area (TPSA) is 46.6 Å². The van der Waals surface area contributed by atoms with Crippen molar-refractivity contribution in [3.63, 3.8) is 0 Å². The van der Waals surface area contributed by atoms with E-state index < -0.39 is 6.04 Å². The average molecular weight is 460 g/mol. The molecule has 2 aromatic rings. The maximum atomic E-state index is 13.6. The minimum atomic E-state index is -0.606. The molecule has 1 heterocycles. The Labute approximate surface area is 204 Å². The third-order valence-electron chi connectivity index (χ3n) is 7.95. The van der Waals surface area contributed by atoms with Crippen molar-refractivity contribution in [2.45, 2.75) is 77.0 Å². The standard InChI is InChI=1S/C30H37NO3/c1-21-15-16-26(30(3,4)24-13-9-6-10-14-24)28(19-21)34-29(33)27-20-25(32)17-18-31(27)22(2)23-11-7-5-8-12-23/h5-14,17-18,21-22,26-28H,15-16,19-20H2,1-4H3/t21-,22-,26-,27+,28-/m1/s1. The minimum absolute atomic E-state index is 0.0309. The molecular weight excluding hydrogens is 422 g/mol. The molecule has 34 heavy (non-hydrogen) atoms. The summed E-state index contributed by atoms with van der Waals surface area (Å²) >= 11 is 0. The van der Waals surface area contributed by atoms with Gasteiger partial charge in [-0.2, -0.15) is 0 Å². The fourth-order valence-electron chi connectivity index (χ4n) is 5.74. The summed E-state index contributed by atoms with van der Waals surface area (Å²) in [6, 6.07) is 20.0. The van der Waals surface area contributed by atoms with E-state index in [9.17, 15) is 9.59 Å². The van der Waals surface area contributed by atoms with Crippen molar-refractivity contribution < 1.29 is 14.3 Å². The highest BCUT2D eigenvalue weighted by Crippen LogP contribution is 2.44. The van der Waals surface area contributed by atoms with E-state index in [1.165, 1.54) is 5.56 Å². The number of allylic oxidation sites excluding steroid dienone is 1. The SMILES string of the molecule is C[C@@H]1CC[C@@H](C(C)(C)c2ccccc2)[C@H](OC(=O)[C@@H]2CC(=O)C=CN2[C@H](C)c2ccccc2)C1. The molecule has 180 valence electrons. The number of nitrogens with zero attached hydrogens (tertiary/aromatic N) is 1. The lowest BCUT2D eigenvalue weighted by Gasteiger charge is -2.45. The lowest BCUT2D eigenvalue weighted by molar-refractivity contribution is -0.164. The van der Waals surface area contributed by atoms with Crippen LogP contribution in [0, 0.1) is 11.8 Å². The fourth-order valence-corrected chi connectivity index (χ4v) is 5.74. The summed E-state index contributed by atoms with van der Waals surface area (Å²) in [6.07, 6.45) is 6.35. The van der Waals surface area contributed by atoms with Crippen molar-refractivity contribution in [3.05, 3.63) is 84.1 Å². The molecule has 0 N–H and O–H groups in total. The first-order valence-corrected chi connectivity index (χ1v) is 12.6. The Morgan fingerprint density at radius 1 is 1.03 bits per heavy atom. The van der Waals surface area contributed by atoms with Crippen molar-refractivity contribution in [2.75, 3.05) is 0 Å². The highest BCUT2D eigenvalue weighted by Gasteiger charge is 2.43. The van der Waals surface area contributed by atoms with Gasteiger partial charge in [-0.15, -0.1) is 0 Å². The number of carbonyl (C=O) groups is 2. The maximum Gasteiger partial charge on any atom is 0.329 e. The van der Waals surface area contributed by atoms with Gasteiger partial charge in [0.25, 0.3) is 0 Å². The molecule has 0 aromatic heterocycles. The Hall–Kier alpha value is -2.88. The number of ketones is 1. The van der Waals surface area contributed by atoms with Crippen molar-refractivity contribution in [3.8, 4) is 0 Å². The predicted molar refractivity (Wildman–Crippen MR) is 135 cm³/mol. The third-order valence-corrected chi connectivity index (χ3v) is 7.95. The van der Waals surface area contributed by atoms with E-state index in [0.29, 0.717) is 5.92 Å². The zero-order valence-corrected chi connectivity index (χ0v) is 20.8. The molecule has 2 aromatic carbocycles. The van der Waals surface area contributed by atoms with Gasteiger partial charge in [-0.05, 0) is 48.3 Å². The smallest absolute Gasteiger partial charge is 0.329 e. The van der Waals surface area contributed by atoms with Gasteiger partial charge in [0.15, 0.2) is 5.78 Å². The largest absolute Gasteiger partial charge is 0.460 e. The van der Waals surface area contributed by atoms with Crippen molar-refractivity contribution >= 4 is 11.8 Å². The lowest BCUT2D eigenvalue weighted by Crippen LogP contribution is -2.48. The van der Waals surface area contributed by atoms with Gasteiger partial charge in [0, 0.05) is 18.5 Å². The third kappa shape index (κ3) is 5.11. The monoisotopic (exact) mass is 459 g/mol. The van der Waals surface area contributed by atoms with E-state index in [-0.39, 0.29) is 41.7 Å². The molecule has 5 atom stereocenters. The molecule has 1 saturated carbocycles. The maximum absolute atomic E-state index is 13.6. The molecule has 0 spiro atoms. The van der Waals surface area contributed by atoms with Gasteiger partial charge in [0.05, 0.1) is 6.04 Å². The molecule has 2 aliphatic rings. The van der Waals surface area contributed by atoms with Crippen LogP contribution in [0.15, 0.2) is 72.9 Å². The van der Waals surface area contributed by atoms with Crippen LogP contribution in [-0.4, -0.2) is 28.8 Å². The molecule has 1 fully saturated rings. The van der Waals surface area contributed by atoms with Crippen LogP contribution in [0.4, 0.5) is 0 Å². The lowest BCUT2D eigenvalue weighted by atomic mass is 9.64. The number of benzene rings is 2. The van der Waals surface area contributed by atoms with Crippen LogP contribution in [0.2, 0.25) is 0 Å². The van der Waals surface area contributed by atoms with Crippen LogP contribution in [-0.2, 0) is 19.7 Å². The number of rotatable bonds is 6. The van der Waals surface area contributed by atoms with Crippen LogP contribution in [0.3, 0.4) is 0 Å². The van der Waals surface area contributed by atoms with Crippen LogP contribution in [0.5, 0.6) is 0 Å². The Morgan fingerprint density at radius 2 is 1.68 bits per heavy atom. The second-order valence-corrected chi connectivity index (χ2v) is 10.6.